The summed E-state index contributed by atoms with van der Waals surface area (Å²) in [7, 11) is 0. The van der Waals surface area contributed by atoms with Crippen molar-refractivity contribution in [2.75, 3.05) is 0 Å². The predicted octanol–water partition coefficient (Wildman–Crippen LogP) is 4.78. The summed E-state index contributed by atoms with van der Waals surface area (Å²) in [5.74, 6) is 4.53. The second-order valence-electron chi connectivity index (χ2n) is 11.5. The highest BCUT2D eigenvalue weighted by Crippen LogP contribution is 2.64. The SMILES string of the molecule is Cc1cnn(CC(=O)[C@H]2CC[C@H]3C4CC[C@@H]5C[C@](C)(O)CC[C@@H]5[C@H]4CC[C@]23C)c1. The highest BCUT2D eigenvalue weighted by atomic mass is 16.3. The topological polar surface area (TPSA) is 55.1 Å². The summed E-state index contributed by atoms with van der Waals surface area (Å²) in [4.78, 5) is 13.3. The van der Waals surface area contributed by atoms with Gasteiger partial charge in [0.2, 0.25) is 0 Å². The van der Waals surface area contributed by atoms with Gasteiger partial charge in [0.1, 0.15) is 0 Å². The monoisotopic (exact) mass is 398 g/mol. The third-order valence-electron chi connectivity index (χ3n) is 9.71. The molecule has 4 saturated carbocycles. The van der Waals surface area contributed by atoms with Crippen LogP contribution in [0.25, 0.3) is 0 Å². The van der Waals surface area contributed by atoms with Crippen LogP contribution < -0.4 is 0 Å². The van der Waals surface area contributed by atoms with Gasteiger partial charge in [0.05, 0.1) is 18.3 Å². The van der Waals surface area contributed by atoms with E-state index in [0.29, 0.717) is 12.3 Å². The van der Waals surface area contributed by atoms with E-state index in [0.717, 1.165) is 54.4 Å². The second kappa shape index (κ2) is 6.93. The number of aryl methyl sites for hydroxylation is 1. The van der Waals surface area contributed by atoms with E-state index in [2.05, 4.69) is 12.0 Å². The van der Waals surface area contributed by atoms with E-state index in [1.807, 2.05) is 30.9 Å². The minimum Gasteiger partial charge on any atom is -0.390 e. The van der Waals surface area contributed by atoms with Crippen LogP contribution in [0, 0.1) is 47.8 Å². The number of fused-ring (bicyclic) bond motifs is 5. The van der Waals surface area contributed by atoms with Crippen LogP contribution in [-0.2, 0) is 11.3 Å². The van der Waals surface area contributed by atoms with Crippen LogP contribution >= 0.6 is 0 Å². The maximum atomic E-state index is 13.3. The Balaban J connectivity index is 1.31. The lowest BCUT2D eigenvalue weighted by Crippen LogP contribution is -2.51. The molecule has 1 aromatic heterocycles. The van der Waals surface area contributed by atoms with Gasteiger partial charge >= 0.3 is 0 Å². The first-order chi connectivity index (χ1) is 13.8. The molecule has 5 rings (SSSR count). The molecule has 4 heteroatoms. The van der Waals surface area contributed by atoms with Gasteiger partial charge < -0.3 is 5.11 Å². The second-order valence-corrected chi connectivity index (χ2v) is 11.5. The molecule has 29 heavy (non-hydrogen) atoms. The zero-order valence-electron chi connectivity index (χ0n) is 18.4. The van der Waals surface area contributed by atoms with E-state index in [1.54, 1.807) is 0 Å². The van der Waals surface area contributed by atoms with E-state index in [9.17, 15) is 9.90 Å². The Bertz CT molecular complexity index is 784. The first-order valence-electron chi connectivity index (χ1n) is 12.0. The van der Waals surface area contributed by atoms with Crippen LogP contribution in [-0.4, -0.2) is 26.3 Å². The molecule has 1 aromatic rings. The average molecular weight is 399 g/mol. The van der Waals surface area contributed by atoms with Crippen molar-refractivity contribution in [1.82, 2.24) is 9.78 Å². The molecule has 8 atom stereocenters. The smallest absolute Gasteiger partial charge is 0.157 e. The van der Waals surface area contributed by atoms with Crippen molar-refractivity contribution in [2.45, 2.75) is 90.7 Å². The number of Topliss-reactive ketones (excluding diaryl/α,β-unsaturated/α-hetero) is 1. The van der Waals surface area contributed by atoms with E-state index in [-0.39, 0.29) is 11.3 Å². The van der Waals surface area contributed by atoms with Gasteiger partial charge in [-0.25, -0.2) is 0 Å². The van der Waals surface area contributed by atoms with Crippen molar-refractivity contribution in [3.63, 3.8) is 0 Å². The molecule has 0 amide bonds. The molecular formula is C25H38N2O2. The lowest BCUT2D eigenvalue weighted by atomic mass is 9.49. The maximum Gasteiger partial charge on any atom is 0.157 e. The Kier molecular flexibility index (Phi) is 4.73. The van der Waals surface area contributed by atoms with E-state index in [1.165, 1.54) is 38.5 Å². The summed E-state index contributed by atoms with van der Waals surface area (Å²) < 4.78 is 1.83. The van der Waals surface area contributed by atoms with Crippen molar-refractivity contribution in [3.05, 3.63) is 18.0 Å². The summed E-state index contributed by atoms with van der Waals surface area (Å²) in [5.41, 5.74) is 0.873. The zero-order valence-corrected chi connectivity index (χ0v) is 18.4. The number of hydrogen-bond acceptors (Lipinski definition) is 3. The Labute approximate surface area is 175 Å². The maximum absolute atomic E-state index is 13.3. The van der Waals surface area contributed by atoms with Crippen LogP contribution in [0.5, 0.6) is 0 Å². The van der Waals surface area contributed by atoms with Crippen LogP contribution in [0.2, 0.25) is 0 Å². The Morgan fingerprint density at radius 1 is 1.10 bits per heavy atom. The number of rotatable bonds is 3. The van der Waals surface area contributed by atoms with Crippen LogP contribution in [0.4, 0.5) is 0 Å². The van der Waals surface area contributed by atoms with Crippen molar-refractivity contribution in [2.24, 2.45) is 40.9 Å². The lowest BCUT2D eigenvalue weighted by molar-refractivity contribution is -0.133. The quantitative estimate of drug-likeness (QED) is 0.797. The van der Waals surface area contributed by atoms with E-state index < -0.39 is 5.60 Å². The van der Waals surface area contributed by atoms with Crippen molar-refractivity contribution < 1.29 is 9.90 Å². The first-order valence-corrected chi connectivity index (χ1v) is 12.0. The van der Waals surface area contributed by atoms with Gasteiger partial charge in [0, 0.05) is 12.1 Å². The largest absolute Gasteiger partial charge is 0.390 e. The molecule has 160 valence electrons. The number of aromatic nitrogens is 2. The third-order valence-corrected chi connectivity index (χ3v) is 9.71. The summed E-state index contributed by atoms with van der Waals surface area (Å²) in [6.45, 7) is 6.95. The summed E-state index contributed by atoms with van der Waals surface area (Å²) >= 11 is 0. The molecule has 4 fully saturated rings. The molecule has 4 aliphatic carbocycles. The van der Waals surface area contributed by atoms with E-state index in [4.69, 9.17) is 0 Å². The summed E-state index contributed by atoms with van der Waals surface area (Å²) in [6, 6.07) is 0. The molecule has 0 aliphatic heterocycles. The van der Waals surface area contributed by atoms with Gasteiger partial charge in [-0.15, -0.1) is 0 Å². The van der Waals surface area contributed by atoms with Crippen LogP contribution in [0.3, 0.4) is 0 Å². The molecule has 1 N–H and O–H groups in total. The number of aliphatic hydroxyl groups is 1. The molecule has 1 unspecified atom stereocenters. The van der Waals surface area contributed by atoms with Gasteiger partial charge in [-0.2, -0.15) is 5.10 Å². The third kappa shape index (κ3) is 3.30. The lowest BCUT2D eigenvalue weighted by Gasteiger charge is -2.56. The molecule has 0 radical (unpaired) electrons. The molecule has 0 bridgehead atoms. The van der Waals surface area contributed by atoms with Gasteiger partial charge in [0.25, 0.3) is 0 Å². The highest BCUT2D eigenvalue weighted by molar-refractivity contribution is 5.82. The van der Waals surface area contributed by atoms with Crippen molar-refractivity contribution in [3.8, 4) is 0 Å². The van der Waals surface area contributed by atoms with Gasteiger partial charge in [0.15, 0.2) is 5.78 Å². The van der Waals surface area contributed by atoms with Gasteiger partial charge in [-0.3, -0.25) is 9.48 Å². The summed E-state index contributed by atoms with van der Waals surface area (Å²) in [5, 5.41) is 14.9. The number of hydrogen-bond donors (Lipinski definition) is 1. The van der Waals surface area contributed by atoms with Crippen molar-refractivity contribution in [1.29, 1.82) is 0 Å². The van der Waals surface area contributed by atoms with Crippen molar-refractivity contribution >= 4 is 5.78 Å². The molecule has 4 aliphatic rings. The fraction of sp³-hybridized carbons (Fsp3) is 0.840. The molecule has 0 aromatic carbocycles. The summed E-state index contributed by atoms with van der Waals surface area (Å²) in [6.07, 6.45) is 14.5. The molecular weight excluding hydrogens is 360 g/mol. The molecule has 0 spiro atoms. The molecule has 0 saturated heterocycles. The normalized spacial score (nSPS) is 46.6. The zero-order chi connectivity index (χ0) is 20.4. The number of nitrogens with zero attached hydrogens (tertiary/aromatic N) is 2. The highest BCUT2D eigenvalue weighted by Gasteiger charge is 2.58. The van der Waals surface area contributed by atoms with Crippen LogP contribution in [0.1, 0.15) is 77.2 Å². The number of carbonyl (C=O) groups excluding carboxylic acids is 1. The average Bonchev–Trinajstić information content (AvgIpc) is 3.22. The van der Waals surface area contributed by atoms with E-state index >= 15 is 0 Å². The minimum absolute atomic E-state index is 0.188. The Hall–Kier alpha value is -1.16. The Morgan fingerprint density at radius 2 is 1.90 bits per heavy atom. The Morgan fingerprint density at radius 3 is 2.66 bits per heavy atom. The molecule has 1 heterocycles. The standard InChI is InChI=1S/C25H38N2O2/c1-16-13-26-27(14-16)15-23(28)22-7-6-21-20-5-4-17-12-24(2,29)10-8-18(17)19(20)9-11-25(21,22)3/h13-14,17-22,29H,4-12,15H2,1-3H3/t17-,18+,19-,20?,21+,22-,24-,25+/m1/s1. The fourth-order valence-corrected chi connectivity index (χ4v) is 8.43. The minimum atomic E-state index is -0.438. The van der Waals surface area contributed by atoms with Gasteiger partial charge in [-0.05, 0) is 112 Å². The molecule has 4 nitrogen and oxygen atoms in total. The predicted molar refractivity (Wildman–Crippen MR) is 113 cm³/mol. The fourth-order valence-electron chi connectivity index (χ4n) is 8.43. The number of ketones is 1. The first kappa shape index (κ1) is 19.8. The van der Waals surface area contributed by atoms with Crippen LogP contribution in [0.15, 0.2) is 12.4 Å². The number of carbonyl (C=O) groups is 1. The van der Waals surface area contributed by atoms with Gasteiger partial charge in [-0.1, -0.05) is 6.92 Å².